The topological polar surface area (TPSA) is 66.6 Å². The van der Waals surface area contributed by atoms with Crippen LogP contribution in [0, 0.1) is 11.8 Å². The van der Waals surface area contributed by atoms with E-state index in [4.69, 9.17) is 5.73 Å². The Kier molecular flexibility index (Phi) is 6.53. The van der Waals surface area contributed by atoms with Crippen LogP contribution in [0.5, 0.6) is 0 Å². The molecular weight excluding hydrogens is 264 g/mol. The largest absolute Gasteiger partial charge is 0.478 e. The number of aromatic carboxylic acids is 1. The molecule has 0 aliphatic rings. The molecule has 0 radical (unpaired) electrons. The molecule has 0 aromatic heterocycles. The van der Waals surface area contributed by atoms with Crippen molar-refractivity contribution in [3.63, 3.8) is 0 Å². The van der Waals surface area contributed by atoms with Crippen molar-refractivity contribution in [2.75, 3.05) is 23.7 Å². The Hall–Kier alpha value is -1.71. The minimum atomic E-state index is -0.920. The highest BCUT2D eigenvalue weighted by Crippen LogP contribution is 2.29. The monoisotopic (exact) mass is 292 g/mol. The van der Waals surface area contributed by atoms with E-state index in [-0.39, 0.29) is 0 Å². The second kappa shape index (κ2) is 7.91. The maximum Gasteiger partial charge on any atom is 0.337 e. The lowest BCUT2D eigenvalue weighted by Crippen LogP contribution is -2.30. The molecule has 0 bridgehead atoms. The minimum absolute atomic E-state index is 0.294. The van der Waals surface area contributed by atoms with E-state index in [1.54, 1.807) is 18.2 Å². The van der Waals surface area contributed by atoms with Crippen LogP contribution in [-0.4, -0.2) is 24.2 Å². The van der Waals surface area contributed by atoms with Crippen molar-refractivity contribution >= 4 is 17.3 Å². The summed E-state index contributed by atoms with van der Waals surface area (Å²) in [5, 5.41) is 9.41. The third-order valence-corrected chi connectivity index (χ3v) is 3.57. The minimum Gasteiger partial charge on any atom is -0.478 e. The third kappa shape index (κ3) is 5.29. The summed E-state index contributed by atoms with van der Waals surface area (Å²) in [4.78, 5) is 13.6. The number of nitrogens with zero attached hydrogens (tertiary/aromatic N) is 1. The first-order valence-corrected chi connectivity index (χ1v) is 7.69. The molecule has 0 heterocycles. The number of para-hydroxylation sites is 1. The summed E-state index contributed by atoms with van der Waals surface area (Å²) in [6, 6.07) is 5.11. The van der Waals surface area contributed by atoms with E-state index in [0.717, 1.165) is 25.9 Å². The number of carboxylic acids is 1. The molecule has 0 amide bonds. The normalized spacial score (nSPS) is 11.1. The van der Waals surface area contributed by atoms with Crippen molar-refractivity contribution in [1.82, 2.24) is 0 Å². The van der Waals surface area contributed by atoms with Crippen LogP contribution < -0.4 is 10.6 Å². The van der Waals surface area contributed by atoms with Crippen molar-refractivity contribution in [3.05, 3.63) is 23.8 Å². The van der Waals surface area contributed by atoms with Crippen molar-refractivity contribution in [2.45, 2.75) is 40.5 Å². The molecule has 21 heavy (non-hydrogen) atoms. The van der Waals surface area contributed by atoms with Gasteiger partial charge >= 0.3 is 5.97 Å². The number of carboxylic acid groups (broad SMARTS) is 1. The second-order valence-corrected chi connectivity index (χ2v) is 6.40. The molecule has 0 saturated carbocycles. The summed E-state index contributed by atoms with van der Waals surface area (Å²) in [5.41, 5.74) is 7.58. The average molecular weight is 292 g/mol. The number of hydrogen-bond donors (Lipinski definition) is 2. The van der Waals surface area contributed by atoms with E-state index in [1.165, 1.54) is 0 Å². The molecule has 0 saturated heterocycles. The Morgan fingerprint density at radius 3 is 2.10 bits per heavy atom. The zero-order valence-corrected chi connectivity index (χ0v) is 13.6. The molecule has 0 unspecified atom stereocenters. The van der Waals surface area contributed by atoms with Crippen LogP contribution in [0.25, 0.3) is 0 Å². The molecule has 0 fully saturated rings. The smallest absolute Gasteiger partial charge is 0.337 e. The maximum absolute atomic E-state index is 11.5. The number of nitrogens with two attached hydrogens (primary N) is 1. The molecule has 0 spiro atoms. The van der Waals surface area contributed by atoms with Gasteiger partial charge in [0.1, 0.15) is 0 Å². The van der Waals surface area contributed by atoms with Gasteiger partial charge in [0, 0.05) is 13.1 Å². The molecule has 0 aliphatic heterocycles. The summed E-state index contributed by atoms with van der Waals surface area (Å²) in [7, 11) is 0. The van der Waals surface area contributed by atoms with Crippen LogP contribution >= 0.6 is 0 Å². The van der Waals surface area contributed by atoms with Gasteiger partial charge in [-0.15, -0.1) is 0 Å². The lowest BCUT2D eigenvalue weighted by Gasteiger charge is -2.29. The number of hydrogen-bond acceptors (Lipinski definition) is 3. The number of benzene rings is 1. The van der Waals surface area contributed by atoms with Crippen molar-refractivity contribution in [3.8, 4) is 0 Å². The summed E-state index contributed by atoms with van der Waals surface area (Å²) in [5.74, 6) is 0.228. The highest BCUT2D eigenvalue weighted by molar-refractivity contribution is 5.98. The van der Waals surface area contributed by atoms with E-state index >= 15 is 0 Å². The van der Waals surface area contributed by atoms with Crippen LogP contribution in [0.15, 0.2) is 18.2 Å². The molecular formula is C17H28N2O2. The highest BCUT2D eigenvalue weighted by Gasteiger charge is 2.19. The van der Waals surface area contributed by atoms with Crippen LogP contribution in [-0.2, 0) is 0 Å². The molecule has 1 rings (SSSR count). The van der Waals surface area contributed by atoms with Gasteiger partial charge in [-0.25, -0.2) is 4.79 Å². The summed E-state index contributed by atoms with van der Waals surface area (Å²) in [6.07, 6.45) is 2.04. The Bertz CT molecular complexity index is 458. The van der Waals surface area contributed by atoms with E-state index in [0.29, 0.717) is 28.8 Å². The summed E-state index contributed by atoms with van der Waals surface area (Å²) in [6.45, 7) is 10.4. The van der Waals surface area contributed by atoms with E-state index in [1.807, 2.05) is 0 Å². The summed E-state index contributed by atoms with van der Waals surface area (Å²) >= 11 is 0. The third-order valence-electron chi connectivity index (χ3n) is 3.57. The zero-order chi connectivity index (χ0) is 16.0. The van der Waals surface area contributed by atoms with Gasteiger partial charge in [0.25, 0.3) is 0 Å². The van der Waals surface area contributed by atoms with E-state index in [9.17, 15) is 9.90 Å². The second-order valence-electron chi connectivity index (χ2n) is 6.40. The fraction of sp³-hybridized carbons (Fsp3) is 0.588. The van der Waals surface area contributed by atoms with Crippen molar-refractivity contribution in [1.29, 1.82) is 0 Å². The van der Waals surface area contributed by atoms with Gasteiger partial charge in [-0.2, -0.15) is 0 Å². The van der Waals surface area contributed by atoms with Gasteiger partial charge in [-0.05, 0) is 36.8 Å². The van der Waals surface area contributed by atoms with Gasteiger partial charge < -0.3 is 15.7 Å². The van der Waals surface area contributed by atoms with Gasteiger partial charge in [-0.3, -0.25) is 0 Å². The quantitative estimate of drug-likeness (QED) is 0.714. The molecule has 1 aromatic rings. The van der Waals surface area contributed by atoms with E-state index in [2.05, 4.69) is 32.6 Å². The molecule has 4 nitrogen and oxygen atoms in total. The fourth-order valence-electron chi connectivity index (χ4n) is 2.25. The number of rotatable bonds is 8. The highest BCUT2D eigenvalue weighted by atomic mass is 16.4. The van der Waals surface area contributed by atoms with Crippen molar-refractivity contribution in [2.24, 2.45) is 11.8 Å². The molecule has 4 heteroatoms. The number of anilines is 2. The van der Waals surface area contributed by atoms with Gasteiger partial charge in [0.2, 0.25) is 0 Å². The van der Waals surface area contributed by atoms with Crippen LogP contribution in [0.4, 0.5) is 11.4 Å². The van der Waals surface area contributed by atoms with Crippen LogP contribution in [0.3, 0.4) is 0 Å². The maximum atomic E-state index is 11.5. The molecule has 0 aliphatic carbocycles. The standard InChI is InChI=1S/C17H28N2O2/c1-12(2)8-10-19(11-9-13(3)4)16-14(17(20)21)6-5-7-15(16)18/h5-7,12-13H,8-11,18H2,1-4H3,(H,20,21). The first-order chi connectivity index (χ1) is 9.82. The lowest BCUT2D eigenvalue weighted by molar-refractivity contribution is 0.0697. The first-order valence-electron chi connectivity index (χ1n) is 7.69. The predicted octanol–water partition coefficient (Wildman–Crippen LogP) is 3.87. The lowest BCUT2D eigenvalue weighted by atomic mass is 10.1. The Balaban J connectivity index is 3.08. The molecule has 118 valence electrons. The predicted molar refractivity (Wildman–Crippen MR) is 88.9 cm³/mol. The SMILES string of the molecule is CC(C)CCN(CCC(C)C)c1c(N)cccc1C(=O)O. The Morgan fingerprint density at radius 1 is 1.14 bits per heavy atom. The molecule has 3 N–H and O–H groups in total. The van der Waals surface area contributed by atoms with Crippen LogP contribution in [0.2, 0.25) is 0 Å². The number of nitrogen functional groups attached to an aromatic ring is 1. The first kappa shape index (κ1) is 17.3. The van der Waals surface area contributed by atoms with Gasteiger partial charge in [-0.1, -0.05) is 33.8 Å². The van der Waals surface area contributed by atoms with E-state index < -0.39 is 5.97 Å². The summed E-state index contributed by atoms with van der Waals surface area (Å²) < 4.78 is 0. The fourth-order valence-corrected chi connectivity index (χ4v) is 2.25. The molecule has 1 aromatic carbocycles. The average Bonchev–Trinajstić information content (AvgIpc) is 2.38. The number of carbonyl (C=O) groups is 1. The van der Waals surface area contributed by atoms with Gasteiger partial charge in [0.15, 0.2) is 0 Å². The Morgan fingerprint density at radius 2 is 1.67 bits per heavy atom. The van der Waals surface area contributed by atoms with Crippen molar-refractivity contribution < 1.29 is 9.90 Å². The van der Waals surface area contributed by atoms with Gasteiger partial charge in [0.05, 0.1) is 16.9 Å². The zero-order valence-electron chi connectivity index (χ0n) is 13.6. The van der Waals surface area contributed by atoms with Crippen LogP contribution in [0.1, 0.15) is 50.9 Å². The molecule has 0 atom stereocenters. The Labute approximate surface area is 128 Å².